The smallest absolute Gasteiger partial charge is 0.103 e. The minimum absolute atomic E-state index is 0.194. The number of rotatable bonds is 1. The molecule has 0 aromatic rings. The van der Waals surface area contributed by atoms with Crippen LogP contribution >= 0.6 is 0 Å². The van der Waals surface area contributed by atoms with Crippen LogP contribution in [0.2, 0.25) is 0 Å². The lowest BCUT2D eigenvalue weighted by atomic mass is 9.45. The monoisotopic (exact) mass is 304 g/mol. The molecule has 0 aromatic heterocycles. The minimum atomic E-state index is 0.194. The molecule has 124 valence electrons. The van der Waals surface area contributed by atoms with Crippen molar-refractivity contribution in [2.24, 2.45) is 28.6 Å². The summed E-state index contributed by atoms with van der Waals surface area (Å²) >= 11 is 0. The van der Waals surface area contributed by atoms with Crippen LogP contribution < -0.4 is 0 Å². The molecule has 0 N–H and O–H groups in total. The van der Waals surface area contributed by atoms with Crippen LogP contribution in [-0.2, 0) is 9.47 Å². The van der Waals surface area contributed by atoms with Gasteiger partial charge in [0.15, 0.2) is 0 Å². The third-order valence-electron chi connectivity index (χ3n) is 9.15. The third-order valence-corrected chi connectivity index (χ3v) is 9.15. The number of fused-ring (bicyclic) bond motifs is 4. The Balaban J connectivity index is 1.49. The highest BCUT2D eigenvalue weighted by Gasteiger charge is 2.75. The van der Waals surface area contributed by atoms with Gasteiger partial charge in [0, 0.05) is 18.9 Å². The highest BCUT2D eigenvalue weighted by atomic mass is 16.6. The minimum Gasteiger partial charge on any atom is -0.381 e. The number of hydrogen-bond acceptors (Lipinski definition) is 2. The Labute approximate surface area is 135 Å². The molecule has 4 saturated carbocycles. The normalized spacial score (nSPS) is 62.6. The van der Waals surface area contributed by atoms with Crippen LogP contribution in [0.5, 0.6) is 0 Å². The van der Waals surface area contributed by atoms with Crippen molar-refractivity contribution in [3.63, 3.8) is 0 Å². The van der Waals surface area contributed by atoms with E-state index in [2.05, 4.69) is 13.8 Å². The maximum atomic E-state index is 6.50. The van der Waals surface area contributed by atoms with Crippen molar-refractivity contribution in [3.8, 4) is 0 Å². The Hall–Kier alpha value is -0.0800. The summed E-state index contributed by atoms with van der Waals surface area (Å²) in [6.07, 6.45) is 13.5. The molecule has 0 aromatic carbocycles. The molecule has 5 fully saturated rings. The SMILES string of the molecule is COC1CCC2(C)C3CCC4(C)CCCC4C3C[C@@H]3O[C@@]32C1. The van der Waals surface area contributed by atoms with Crippen LogP contribution in [0.15, 0.2) is 0 Å². The maximum Gasteiger partial charge on any atom is 0.103 e. The van der Waals surface area contributed by atoms with Crippen LogP contribution in [-0.4, -0.2) is 24.9 Å². The van der Waals surface area contributed by atoms with E-state index >= 15 is 0 Å². The predicted octanol–water partition coefficient (Wildman–Crippen LogP) is 4.57. The summed E-state index contributed by atoms with van der Waals surface area (Å²) in [4.78, 5) is 0. The molecule has 4 aliphatic carbocycles. The second-order valence-electron chi connectivity index (χ2n) is 9.71. The third kappa shape index (κ3) is 1.55. The van der Waals surface area contributed by atoms with Gasteiger partial charge in [0.05, 0.1) is 12.2 Å². The molecule has 1 heterocycles. The summed E-state index contributed by atoms with van der Waals surface area (Å²) in [7, 11) is 1.89. The zero-order valence-electron chi connectivity index (χ0n) is 14.6. The van der Waals surface area contributed by atoms with Gasteiger partial charge in [0.25, 0.3) is 0 Å². The van der Waals surface area contributed by atoms with Crippen LogP contribution in [0, 0.1) is 28.6 Å². The molecule has 2 heteroatoms. The van der Waals surface area contributed by atoms with Gasteiger partial charge in [-0.25, -0.2) is 0 Å². The summed E-state index contributed by atoms with van der Waals surface area (Å²) in [6, 6.07) is 0. The van der Waals surface area contributed by atoms with E-state index in [9.17, 15) is 0 Å². The lowest BCUT2D eigenvalue weighted by molar-refractivity contribution is -0.113. The standard InChI is InChI=1S/C20H32O2/c1-18-8-4-5-15(18)14-11-17-20(22-17)12-13(21-3)6-10-19(20,2)16(14)7-9-18/h13-17H,4-12H2,1-3H3/t13?,14?,15?,16?,17-,18?,19?,20-/m0/s1. The van der Waals surface area contributed by atoms with Crippen molar-refractivity contribution in [1.29, 1.82) is 0 Å². The molecule has 6 unspecified atom stereocenters. The maximum absolute atomic E-state index is 6.50. The number of methoxy groups -OCH3 is 1. The molecular formula is C20H32O2. The van der Waals surface area contributed by atoms with Gasteiger partial charge in [0.2, 0.25) is 0 Å². The number of epoxide rings is 1. The highest BCUT2D eigenvalue weighted by molar-refractivity contribution is 5.23. The van der Waals surface area contributed by atoms with Crippen LogP contribution in [0.25, 0.3) is 0 Å². The molecule has 0 amide bonds. The van der Waals surface area contributed by atoms with Gasteiger partial charge >= 0.3 is 0 Å². The first-order valence-corrected chi connectivity index (χ1v) is 9.73. The van der Waals surface area contributed by atoms with Gasteiger partial charge in [-0.1, -0.05) is 20.3 Å². The van der Waals surface area contributed by atoms with E-state index < -0.39 is 0 Å². The van der Waals surface area contributed by atoms with Crippen molar-refractivity contribution < 1.29 is 9.47 Å². The highest BCUT2D eigenvalue weighted by Crippen LogP contribution is 2.73. The fourth-order valence-corrected chi connectivity index (χ4v) is 7.83. The van der Waals surface area contributed by atoms with E-state index in [0.717, 1.165) is 24.2 Å². The van der Waals surface area contributed by atoms with E-state index in [-0.39, 0.29) is 5.60 Å². The number of ether oxygens (including phenoxy) is 2. The largest absolute Gasteiger partial charge is 0.381 e. The molecule has 1 saturated heterocycles. The summed E-state index contributed by atoms with van der Waals surface area (Å²) in [5.74, 6) is 2.86. The van der Waals surface area contributed by atoms with E-state index in [1.165, 1.54) is 51.4 Å². The molecule has 2 nitrogen and oxygen atoms in total. The Morgan fingerprint density at radius 2 is 1.86 bits per heavy atom. The molecule has 8 atom stereocenters. The number of hydrogen-bond donors (Lipinski definition) is 0. The van der Waals surface area contributed by atoms with Crippen LogP contribution in [0.4, 0.5) is 0 Å². The predicted molar refractivity (Wildman–Crippen MR) is 86.6 cm³/mol. The van der Waals surface area contributed by atoms with Crippen molar-refractivity contribution in [2.75, 3.05) is 7.11 Å². The lowest BCUT2D eigenvalue weighted by Gasteiger charge is -2.58. The molecule has 1 spiro atoms. The van der Waals surface area contributed by atoms with Gasteiger partial charge in [-0.3, -0.25) is 0 Å². The molecule has 0 radical (unpaired) electrons. The van der Waals surface area contributed by atoms with Gasteiger partial charge in [-0.2, -0.15) is 0 Å². The van der Waals surface area contributed by atoms with Crippen LogP contribution in [0.3, 0.4) is 0 Å². The zero-order chi connectivity index (χ0) is 15.2. The fraction of sp³-hybridized carbons (Fsp3) is 1.00. The van der Waals surface area contributed by atoms with E-state index in [0.29, 0.717) is 23.0 Å². The van der Waals surface area contributed by atoms with Crippen molar-refractivity contribution >= 4 is 0 Å². The zero-order valence-corrected chi connectivity index (χ0v) is 14.6. The molecule has 1 aliphatic heterocycles. The average Bonchev–Trinajstić information content (AvgIpc) is 3.05. The van der Waals surface area contributed by atoms with E-state index in [1.807, 2.05) is 7.11 Å². The first kappa shape index (κ1) is 14.3. The quantitative estimate of drug-likeness (QED) is 0.662. The fourth-order valence-electron chi connectivity index (χ4n) is 7.83. The van der Waals surface area contributed by atoms with Gasteiger partial charge in [0.1, 0.15) is 5.60 Å². The molecule has 5 rings (SSSR count). The first-order chi connectivity index (χ1) is 10.5. The topological polar surface area (TPSA) is 21.8 Å². The van der Waals surface area contributed by atoms with Crippen LogP contribution in [0.1, 0.15) is 71.6 Å². The second-order valence-corrected chi connectivity index (χ2v) is 9.71. The van der Waals surface area contributed by atoms with Crippen molar-refractivity contribution in [2.45, 2.75) is 89.4 Å². The Bertz CT molecular complexity index is 490. The van der Waals surface area contributed by atoms with Gasteiger partial charge in [-0.05, 0) is 68.1 Å². The second kappa shape index (κ2) is 4.30. The molecule has 22 heavy (non-hydrogen) atoms. The Morgan fingerprint density at radius 1 is 1.00 bits per heavy atom. The molecular weight excluding hydrogens is 272 g/mol. The summed E-state index contributed by atoms with van der Waals surface area (Å²) in [6.45, 7) is 5.19. The Kier molecular flexibility index (Phi) is 2.79. The van der Waals surface area contributed by atoms with Gasteiger partial charge in [-0.15, -0.1) is 0 Å². The molecule has 0 bridgehead atoms. The van der Waals surface area contributed by atoms with Gasteiger partial charge < -0.3 is 9.47 Å². The average molecular weight is 304 g/mol. The van der Waals surface area contributed by atoms with E-state index in [1.54, 1.807) is 0 Å². The Morgan fingerprint density at radius 3 is 2.68 bits per heavy atom. The molecule has 5 aliphatic rings. The summed E-state index contributed by atoms with van der Waals surface area (Å²) in [5.41, 5.74) is 1.29. The van der Waals surface area contributed by atoms with Crippen molar-refractivity contribution in [3.05, 3.63) is 0 Å². The van der Waals surface area contributed by atoms with E-state index in [4.69, 9.17) is 9.47 Å². The summed E-state index contributed by atoms with van der Waals surface area (Å²) in [5, 5.41) is 0. The van der Waals surface area contributed by atoms with Crippen molar-refractivity contribution in [1.82, 2.24) is 0 Å². The lowest BCUT2D eigenvalue weighted by Crippen LogP contribution is -2.58. The summed E-state index contributed by atoms with van der Waals surface area (Å²) < 4.78 is 12.2. The first-order valence-electron chi connectivity index (χ1n) is 9.73.